The van der Waals surface area contributed by atoms with Gasteiger partial charge in [0.1, 0.15) is 13.2 Å². The SMILES string of the molecule is CCC(C)CCCCCCCCCCC(=O)OC[C@H](COC(=O)CCCCCCCCCCCCC(C)C)OC(=O)CCCCCCCCCCCC(C)C. The number of hydrogen-bond donors (Lipinski definition) is 0. The van der Waals surface area contributed by atoms with Gasteiger partial charge in [0.25, 0.3) is 0 Å². The predicted octanol–water partition coefficient (Wildman–Crippen LogP) is 15.2. The maximum atomic E-state index is 12.7. The topological polar surface area (TPSA) is 78.9 Å². The van der Waals surface area contributed by atoms with E-state index in [1.807, 2.05) is 0 Å². The first-order chi connectivity index (χ1) is 26.6. The van der Waals surface area contributed by atoms with Crippen LogP contribution in [0.5, 0.6) is 0 Å². The van der Waals surface area contributed by atoms with Crippen molar-refractivity contribution in [1.82, 2.24) is 0 Å². The highest BCUT2D eigenvalue weighted by Gasteiger charge is 2.19. The summed E-state index contributed by atoms with van der Waals surface area (Å²) in [6, 6.07) is 0. The van der Waals surface area contributed by atoms with Crippen LogP contribution in [-0.4, -0.2) is 37.2 Å². The largest absolute Gasteiger partial charge is 0.462 e. The van der Waals surface area contributed by atoms with Gasteiger partial charge in [-0.3, -0.25) is 14.4 Å². The Morgan fingerprint density at radius 1 is 0.364 bits per heavy atom. The van der Waals surface area contributed by atoms with Crippen LogP contribution >= 0.6 is 0 Å². The third-order valence-electron chi connectivity index (χ3n) is 11.3. The summed E-state index contributed by atoms with van der Waals surface area (Å²) in [5.74, 6) is 1.61. The summed E-state index contributed by atoms with van der Waals surface area (Å²) < 4.78 is 16.8. The van der Waals surface area contributed by atoms with Gasteiger partial charge in [-0.2, -0.15) is 0 Å². The van der Waals surface area contributed by atoms with Crippen LogP contribution in [0.1, 0.15) is 260 Å². The lowest BCUT2D eigenvalue weighted by Gasteiger charge is -2.18. The number of carbonyl (C=O) groups excluding carboxylic acids is 3. The quantitative estimate of drug-likeness (QED) is 0.0349. The Hall–Kier alpha value is -1.59. The Morgan fingerprint density at radius 2 is 0.636 bits per heavy atom. The van der Waals surface area contributed by atoms with Crippen LogP contribution in [-0.2, 0) is 28.6 Å². The van der Waals surface area contributed by atoms with Crippen LogP contribution < -0.4 is 0 Å². The average molecular weight is 779 g/mol. The lowest BCUT2D eigenvalue weighted by atomic mass is 9.99. The van der Waals surface area contributed by atoms with E-state index in [4.69, 9.17) is 14.2 Å². The van der Waals surface area contributed by atoms with E-state index in [1.165, 1.54) is 141 Å². The normalized spacial score (nSPS) is 12.7. The molecule has 55 heavy (non-hydrogen) atoms. The van der Waals surface area contributed by atoms with E-state index in [2.05, 4.69) is 41.5 Å². The molecule has 0 N–H and O–H groups in total. The number of rotatable bonds is 42. The van der Waals surface area contributed by atoms with Crippen LogP contribution in [0.25, 0.3) is 0 Å². The molecule has 0 aromatic carbocycles. The number of carbonyl (C=O) groups is 3. The first-order valence-corrected chi connectivity index (χ1v) is 24.1. The van der Waals surface area contributed by atoms with Gasteiger partial charge in [-0.15, -0.1) is 0 Å². The predicted molar refractivity (Wildman–Crippen MR) is 233 cm³/mol. The molecular weight excluding hydrogens is 685 g/mol. The second kappa shape index (κ2) is 40.6. The second-order valence-corrected chi connectivity index (χ2v) is 17.9. The molecule has 2 atom stereocenters. The lowest BCUT2D eigenvalue weighted by molar-refractivity contribution is -0.167. The van der Waals surface area contributed by atoms with E-state index >= 15 is 0 Å². The van der Waals surface area contributed by atoms with Gasteiger partial charge in [0.15, 0.2) is 6.10 Å². The standard InChI is InChI=1S/C49H94O6/c1-7-45(6)37-31-25-19-15-16-21-27-33-39-48(51)54-42-46(55-49(52)40-34-28-22-14-10-12-18-24-30-36-44(4)5)41-53-47(50)38-32-26-20-13-9-8-11-17-23-29-35-43(2)3/h43-46H,7-42H2,1-6H3/t45?,46-/m0/s1. The van der Waals surface area contributed by atoms with Crippen LogP contribution in [0.4, 0.5) is 0 Å². The summed E-state index contributed by atoms with van der Waals surface area (Å²) in [6.45, 7) is 13.7. The van der Waals surface area contributed by atoms with Gasteiger partial charge >= 0.3 is 17.9 Å². The van der Waals surface area contributed by atoms with Crippen molar-refractivity contribution < 1.29 is 28.6 Å². The Morgan fingerprint density at radius 3 is 0.945 bits per heavy atom. The summed E-state index contributed by atoms with van der Waals surface area (Å²) in [5, 5.41) is 0. The van der Waals surface area contributed by atoms with E-state index < -0.39 is 6.10 Å². The summed E-state index contributed by atoms with van der Waals surface area (Å²) in [5.41, 5.74) is 0. The summed E-state index contributed by atoms with van der Waals surface area (Å²) in [4.78, 5) is 37.8. The van der Waals surface area contributed by atoms with Crippen LogP contribution in [0.3, 0.4) is 0 Å². The minimum Gasteiger partial charge on any atom is -0.462 e. The molecule has 0 spiro atoms. The van der Waals surface area contributed by atoms with Crippen molar-refractivity contribution in [3.63, 3.8) is 0 Å². The fourth-order valence-electron chi connectivity index (χ4n) is 7.20. The Bertz CT molecular complexity index is 854. The smallest absolute Gasteiger partial charge is 0.306 e. The summed E-state index contributed by atoms with van der Waals surface area (Å²) in [7, 11) is 0. The molecule has 0 radical (unpaired) electrons. The molecule has 0 saturated heterocycles. The van der Waals surface area contributed by atoms with E-state index in [0.29, 0.717) is 19.3 Å². The fraction of sp³-hybridized carbons (Fsp3) is 0.939. The monoisotopic (exact) mass is 779 g/mol. The van der Waals surface area contributed by atoms with Crippen molar-refractivity contribution in [3.8, 4) is 0 Å². The number of ether oxygens (including phenoxy) is 3. The molecule has 6 heteroatoms. The van der Waals surface area contributed by atoms with Gasteiger partial charge in [0.2, 0.25) is 0 Å². The first kappa shape index (κ1) is 53.4. The molecule has 0 aromatic heterocycles. The maximum Gasteiger partial charge on any atom is 0.306 e. The molecule has 0 rings (SSSR count). The highest BCUT2D eigenvalue weighted by Crippen LogP contribution is 2.17. The molecule has 0 bridgehead atoms. The Balaban J connectivity index is 4.35. The molecular formula is C49H94O6. The Kier molecular flexibility index (Phi) is 39.4. The van der Waals surface area contributed by atoms with Gasteiger partial charge in [-0.25, -0.2) is 0 Å². The van der Waals surface area contributed by atoms with Crippen LogP contribution in [0, 0.1) is 17.8 Å². The molecule has 0 aromatic rings. The van der Waals surface area contributed by atoms with Crippen molar-refractivity contribution in [3.05, 3.63) is 0 Å². The minimum atomic E-state index is -0.762. The van der Waals surface area contributed by atoms with Crippen molar-refractivity contribution in [2.75, 3.05) is 13.2 Å². The van der Waals surface area contributed by atoms with Crippen molar-refractivity contribution >= 4 is 17.9 Å². The third-order valence-corrected chi connectivity index (χ3v) is 11.3. The molecule has 0 amide bonds. The first-order valence-electron chi connectivity index (χ1n) is 24.1. The van der Waals surface area contributed by atoms with Gasteiger partial charge in [-0.1, -0.05) is 221 Å². The van der Waals surface area contributed by atoms with Crippen molar-refractivity contribution in [2.24, 2.45) is 17.8 Å². The molecule has 0 aliphatic rings. The van der Waals surface area contributed by atoms with Gasteiger partial charge in [0.05, 0.1) is 0 Å². The zero-order valence-electron chi connectivity index (χ0n) is 37.7. The van der Waals surface area contributed by atoms with Crippen molar-refractivity contribution in [2.45, 2.75) is 266 Å². The van der Waals surface area contributed by atoms with E-state index in [9.17, 15) is 14.4 Å². The number of hydrogen-bond acceptors (Lipinski definition) is 6. The zero-order valence-corrected chi connectivity index (χ0v) is 37.7. The molecule has 0 aliphatic carbocycles. The maximum absolute atomic E-state index is 12.7. The van der Waals surface area contributed by atoms with Gasteiger partial charge < -0.3 is 14.2 Å². The molecule has 1 unspecified atom stereocenters. The summed E-state index contributed by atoms with van der Waals surface area (Å²) >= 11 is 0. The molecule has 0 heterocycles. The van der Waals surface area contributed by atoms with E-state index in [0.717, 1.165) is 75.5 Å². The number of esters is 3. The molecule has 0 fully saturated rings. The lowest BCUT2D eigenvalue weighted by Crippen LogP contribution is -2.30. The van der Waals surface area contributed by atoms with Gasteiger partial charge in [0, 0.05) is 19.3 Å². The molecule has 0 saturated carbocycles. The highest BCUT2D eigenvalue weighted by atomic mass is 16.6. The van der Waals surface area contributed by atoms with E-state index in [1.54, 1.807) is 0 Å². The summed E-state index contributed by atoms with van der Waals surface area (Å²) in [6.07, 6.45) is 38.0. The van der Waals surface area contributed by atoms with Gasteiger partial charge in [-0.05, 0) is 37.0 Å². The molecule has 0 aliphatic heterocycles. The molecule has 6 nitrogen and oxygen atoms in total. The zero-order chi connectivity index (χ0) is 40.6. The highest BCUT2D eigenvalue weighted by molar-refractivity contribution is 5.71. The Labute approximate surface area is 342 Å². The fourth-order valence-corrected chi connectivity index (χ4v) is 7.20. The molecule has 326 valence electrons. The average Bonchev–Trinajstić information content (AvgIpc) is 3.15. The second-order valence-electron chi connectivity index (χ2n) is 17.9. The third kappa shape index (κ3) is 41.9. The van der Waals surface area contributed by atoms with Crippen LogP contribution in [0.15, 0.2) is 0 Å². The number of unbranched alkanes of at least 4 members (excludes halogenated alkanes) is 24. The van der Waals surface area contributed by atoms with Crippen molar-refractivity contribution in [1.29, 1.82) is 0 Å². The van der Waals surface area contributed by atoms with E-state index in [-0.39, 0.29) is 31.1 Å². The minimum absolute atomic E-state index is 0.0659. The van der Waals surface area contributed by atoms with Crippen LogP contribution in [0.2, 0.25) is 0 Å².